The maximum absolute atomic E-state index is 13.1. The number of nitrogens with zero attached hydrogens (tertiary/aromatic N) is 3. The van der Waals surface area contributed by atoms with E-state index in [4.69, 9.17) is 4.42 Å². The zero-order valence-corrected chi connectivity index (χ0v) is 14.9. The Bertz CT molecular complexity index is 1020. The molecule has 0 radical (unpaired) electrons. The number of amides is 1. The minimum absolute atomic E-state index is 0.108. The Morgan fingerprint density at radius 1 is 1.04 bits per heavy atom. The maximum atomic E-state index is 13.1. The van der Waals surface area contributed by atoms with Crippen LogP contribution in [0.15, 0.2) is 90.1 Å². The van der Waals surface area contributed by atoms with Crippen molar-refractivity contribution in [2.75, 3.05) is 4.90 Å². The smallest absolute Gasteiger partial charge is 0.276 e. The monoisotopic (exact) mass is 357 g/mol. The van der Waals surface area contributed by atoms with E-state index in [1.165, 1.54) is 0 Å². The van der Waals surface area contributed by atoms with Crippen LogP contribution >= 0.6 is 0 Å². The van der Waals surface area contributed by atoms with E-state index >= 15 is 0 Å². The van der Waals surface area contributed by atoms with Gasteiger partial charge in [0.2, 0.25) is 0 Å². The second kappa shape index (κ2) is 7.33. The number of aryl methyl sites for hydroxylation is 1. The van der Waals surface area contributed by atoms with E-state index in [1.54, 1.807) is 34.5 Å². The van der Waals surface area contributed by atoms with Gasteiger partial charge in [-0.3, -0.25) is 4.79 Å². The Labute approximate surface area is 157 Å². The highest BCUT2D eigenvalue weighted by Gasteiger charge is 2.21. The van der Waals surface area contributed by atoms with Crippen molar-refractivity contribution in [3.05, 3.63) is 97.0 Å². The lowest BCUT2D eigenvalue weighted by atomic mass is 10.1. The predicted molar refractivity (Wildman–Crippen MR) is 104 cm³/mol. The van der Waals surface area contributed by atoms with E-state index in [9.17, 15) is 4.79 Å². The molecule has 4 aromatic rings. The van der Waals surface area contributed by atoms with Crippen LogP contribution in [0.1, 0.15) is 16.1 Å². The highest BCUT2D eigenvalue weighted by Crippen LogP contribution is 2.25. The summed E-state index contributed by atoms with van der Waals surface area (Å²) in [5, 5.41) is 0. The molecule has 27 heavy (non-hydrogen) atoms. The average molecular weight is 357 g/mol. The molecule has 4 rings (SSSR count). The fourth-order valence-corrected chi connectivity index (χ4v) is 3.01. The normalized spacial score (nSPS) is 10.7. The van der Waals surface area contributed by atoms with Crippen molar-refractivity contribution in [3.8, 4) is 11.1 Å². The second-order valence-corrected chi connectivity index (χ2v) is 6.33. The molecule has 2 heterocycles. The number of carbonyl (C=O) groups is 1. The van der Waals surface area contributed by atoms with E-state index < -0.39 is 0 Å². The van der Waals surface area contributed by atoms with Crippen LogP contribution in [0.4, 0.5) is 5.69 Å². The predicted octanol–water partition coefficient (Wildman–Crippen LogP) is 4.53. The largest absolute Gasteiger partial charge is 0.472 e. The van der Waals surface area contributed by atoms with Gasteiger partial charge in [0.25, 0.3) is 5.91 Å². The summed E-state index contributed by atoms with van der Waals surface area (Å²) in [5.41, 5.74) is 4.53. The van der Waals surface area contributed by atoms with Crippen LogP contribution in [0.5, 0.6) is 0 Å². The summed E-state index contributed by atoms with van der Waals surface area (Å²) >= 11 is 0. The molecule has 0 fully saturated rings. The van der Waals surface area contributed by atoms with E-state index in [0.29, 0.717) is 12.2 Å². The molecular weight excluding hydrogens is 338 g/mol. The first-order valence-electron chi connectivity index (χ1n) is 8.67. The van der Waals surface area contributed by atoms with E-state index in [2.05, 4.69) is 17.1 Å². The van der Waals surface area contributed by atoms with Crippen molar-refractivity contribution in [3.63, 3.8) is 0 Å². The minimum Gasteiger partial charge on any atom is -0.472 e. The van der Waals surface area contributed by atoms with E-state index in [-0.39, 0.29) is 5.91 Å². The molecule has 0 bridgehead atoms. The van der Waals surface area contributed by atoms with Crippen LogP contribution in [0.2, 0.25) is 0 Å². The molecule has 134 valence electrons. The van der Waals surface area contributed by atoms with Crippen LogP contribution in [0.25, 0.3) is 11.1 Å². The number of furan rings is 1. The summed E-state index contributed by atoms with van der Waals surface area (Å²) < 4.78 is 6.89. The van der Waals surface area contributed by atoms with Gasteiger partial charge in [0.05, 0.1) is 31.6 Å². The first-order valence-corrected chi connectivity index (χ1v) is 8.67. The van der Waals surface area contributed by atoms with Gasteiger partial charge in [0.15, 0.2) is 0 Å². The number of imidazole rings is 1. The summed E-state index contributed by atoms with van der Waals surface area (Å²) in [7, 11) is 1.81. The molecule has 5 nitrogen and oxygen atoms in total. The molecule has 5 heteroatoms. The molecule has 2 aromatic heterocycles. The third-order valence-electron chi connectivity index (χ3n) is 4.49. The zero-order chi connectivity index (χ0) is 18.6. The molecule has 2 aromatic carbocycles. The topological polar surface area (TPSA) is 51.3 Å². The van der Waals surface area contributed by atoms with Gasteiger partial charge in [-0.1, -0.05) is 42.5 Å². The summed E-state index contributed by atoms with van der Waals surface area (Å²) in [6.45, 7) is 0.422. The number of benzene rings is 2. The lowest BCUT2D eigenvalue weighted by Crippen LogP contribution is -2.31. The van der Waals surface area contributed by atoms with Gasteiger partial charge in [-0.15, -0.1) is 0 Å². The van der Waals surface area contributed by atoms with Crippen molar-refractivity contribution < 1.29 is 9.21 Å². The van der Waals surface area contributed by atoms with Gasteiger partial charge in [-0.2, -0.15) is 0 Å². The highest BCUT2D eigenvalue weighted by molar-refractivity contribution is 6.04. The highest BCUT2D eigenvalue weighted by atomic mass is 16.3. The molecule has 0 saturated heterocycles. The summed E-state index contributed by atoms with van der Waals surface area (Å²) in [4.78, 5) is 18.9. The van der Waals surface area contributed by atoms with Crippen LogP contribution < -0.4 is 4.90 Å². The zero-order valence-electron chi connectivity index (χ0n) is 14.9. The Morgan fingerprint density at radius 3 is 2.41 bits per heavy atom. The molecule has 1 amide bonds. The molecule has 0 aliphatic heterocycles. The molecule has 0 saturated carbocycles. The molecule has 0 spiro atoms. The maximum Gasteiger partial charge on any atom is 0.276 e. The second-order valence-electron chi connectivity index (χ2n) is 6.33. The number of anilines is 1. The van der Waals surface area contributed by atoms with Crippen molar-refractivity contribution in [1.82, 2.24) is 9.55 Å². The first kappa shape index (κ1) is 16.8. The third-order valence-corrected chi connectivity index (χ3v) is 4.49. The Kier molecular flexibility index (Phi) is 4.58. The Morgan fingerprint density at radius 2 is 1.78 bits per heavy atom. The molecule has 0 unspecified atom stereocenters. The van der Waals surface area contributed by atoms with Crippen LogP contribution in [-0.2, 0) is 13.6 Å². The summed E-state index contributed by atoms with van der Waals surface area (Å²) in [6, 6.07) is 20.0. The van der Waals surface area contributed by atoms with Gasteiger partial charge in [0.1, 0.15) is 5.69 Å². The molecule has 0 N–H and O–H groups in total. The van der Waals surface area contributed by atoms with Gasteiger partial charge in [-0.25, -0.2) is 4.98 Å². The minimum atomic E-state index is -0.108. The molecular formula is C22H19N3O2. The Hall–Kier alpha value is -3.60. The van der Waals surface area contributed by atoms with Crippen molar-refractivity contribution in [2.24, 2.45) is 7.05 Å². The Balaban J connectivity index is 1.68. The average Bonchev–Trinajstić information content (AvgIpc) is 3.38. The van der Waals surface area contributed by atoms with Gasteiger partial charge in [-0.05, 0) is 29.3 Å². The van der Waals surface area contributed by atoms with Gasteiger partial charge < -0.3 is 13.9 Å². The van der Waals surface area contributed by atoms with Crippen LogP contribution in [0.3, 0.4) is 0 Å². The van der Waals surface area contributed by atoms with Gasteiger partial charge >= 0.3 is 0 Å². The summed E-state index contributed by atoms with van der Waals surface area (Å²) in [5.74, 6) is -0.108. The van der Waals surface area contributed by atoms with Crippen molar-refractivity contribution in [2.45, 2.75) is 6.54 Å². The standard InChI is InChI=1S/C22H19N3O2/c1-24-16-23-13-21(24)22(26)25(14-17-11-12-27-15-17)20-9-7-19(8-10-20)18-5-3-2-4-6-18/h2-13,15-16H,14H2,1H3. The number of hydrogen-bond acceptors (Lipinski definition) is 3. The van der Waals surface area contributed by atoms with Crippen molar-refractivity contribution >= 4 is 11.6 Å². The number of aromatic nitrogens is 2. The molecule has 0 aliphatic rings. The van der Waals surface area contributed by atoms with Gasteiger partial charge in [0, 0.05) is 18.3 Å². The fraction of sp³-hybridized carbons (Fsp3) is 0.0909. The molecule has 0 atom stereocenters. The first-order chi connectivity index (χ1) is 13.2. The third kappa shape index (κ3) is 3.53. The quantitative estimate of drug-likeness (QED) is 0.527. The lowest BCUT2D eigenvalue weighted by Gasteiger charge is -2.22. The number of hydrogen-bond donors (Lipinski definition) is 0. The van der Waals surface area contributed by atoms with E-state index in [1.807, 2.05) is 55.6 Å². The van der Waals surface area contributed by atoms with E-state index in [0.717, 1.165) is 22.4 Å². The number of rotatable bonds is 5. The van der Waals surface area contributed by atoms with Crippen molar-refractivity contribution in [1.29, 1.82) is 0 Å². The van der Waals surface area contributed by atoms with Crippen LogP contribution in [-0.4, -0.2) is 15.5 Å². The summed E-state index contributed by atoms with van der Waals surface area (Å²) in [6.07, 6.45) is 6.48. The molecule has 0 aliphatic carbocycles. The number of carbonyl (C=O) groups excluding carboxylic acids is 1. The SMILES string of the molecule is Cn1cncc1C(=O)N(Cc1ccoc1)c1ccc(-c2ccccc2)cc1. The fourth-order valence-electron chi connectivity index (χ4n) is 3.01. The lowest BCUT2D eigenvalue weighted by molar-refractivity contribution is 0.0977. The van der Waals surface area contributed by atoms with Crippen LogP contribution in [0, 0.1) is 0 Å².